The van der Waals surface area contributed by atoms with Gasteiger partial charge in [-0.2, -0.15) is 0 Å². The van der Waals surface area contributed by atoms with E-state index in [4.69, 9.17) is 16.3 Å². The normalized spacial score (nSPS) is 13.6. The summed E-state index contributed by atoms with van der Waals surface area (Å²) in [7, 11) is 1.67. The summed E-state index contributed by atoms with van der Waals surface area (Å²) in [6.45, 7) is 2.56. The number of nitrogens with one attached hydrogen (secondary N) is 1. The van der Waals surface area contributed by atoms with E-state index in [2.05, 4.69) is 12.2 Å². The lowest BCUT2D eigenvalue weighted by atomic mass is 10.0. The number of benzene rings is 2. The topological polar surface area (TPSA) is 41.5 Å². The Balaban J connectivity index is 2.05. The summed E-state index contributed by atoms with van der Waals surface area (Å²) in [5.41, 5.74) is 1.92. The molecule has 2 rings (SSSR count). The lowest BCUT2D eigenvalue weighted by Gasteiger charge is -2.22. The van der Waals surface area contributed by atoms with Crippen LogP contribution in [0.15, 0.2) is 48.5 Å². The largest absolute Gasteiger partial charge is 0.496 e. The van der Waals surface area contributed by atoms with Gasteiger partial charge in [-0.1, -0.05) is 48.9 Å². The van der Waals surface area contributed by atoms with Crippen LogP contribution < -0.4 is 10.1 Å². The number of aliphatic hydroxyl groups is 1. The first-order chi connectivity index (χ1) is 10.7. The Hall–Kier alpha value is -1.55. The van der Waals surface area contributed by atoms with Gasteiger partial charge in [-0.05, 0) is 30.2 Å². The van der Waals surface area contributed by atoms with E-state index in [1.807, 2.05) is 36.4 Å². The van der Waals surface area contributed by atoms with Crippen LogP contribution in [-0.4, -0.2) is 18.8 Å². The van der Waals surface area contributed by atoms with Gasteiger partial charge in [0.25, 0.3) is 0 Å². The van der Waals surface area contributed by atoms with E-state index in [0.29, 0.717) is 11.6 Å². The van der Waals surface area contributed by atoms with Crippen molar-refractivity contribution >= 4 is 11.6 Å². The highest BCUT2D eigenvalue weighted by Crippen LogP contribution is 2.27. The number of aliphatic hydroxyl groups excluding tert-OH is 1. The summed E-state index contributed by atoms with van der Waals surface area (Å²) in [5.74, 6) is 0.860. The van der Waals surface area contributed by atoms with Gasteiger partial charge in [-0.15, -0.1) is 0 Å². The van der Waals surface area contributed by atoms with Crippen molar-refractivity contribution in [1.82, 2.24) is 5.32 Å². The molecule has 0 saturated heterocycles. The first-order valence-electron chi connectivity index (χ1n) is 7.45. The molecule has 0 radical (unpaired) electrons. The first kappa shape index (κ1) is 16.8. The molecular formula is C18H22ClNO2. The highest BCUT2D eigenvalue weighted by molar-refractivity contribution is 6.30. The van der Waals surface area contributed by atoms with Gasteiger partial charge in [0.05, 0.1) is 13.2 Å². The second-order valence-electron chi connectivity index (χ2n) is 5.18. The van der Waals surface area contributed by atoms with Crippen LogP contribution in [0, 0.1) is 0 Å². The van der Waals surface area contributed by atoms with Crippen LogP contribution in [0.25, 0.3) is 0 Å². The van der Waals surface area contributed by atoms with Crippen molar-refractivity contribution in [3.8, 4) is 5.75 Å². The number of hydrogen-bond donors (Lipinski definition) is 2. The number of ether oxygens (including phenoxy) is 1. The zero-order valence-corrected chi connectivity index (χ0v) is 13.7. The molecule has 3 nitrogen and oxygen atoms in total. The van der Waals surface area contributed by atoms with Crippen molar-refractivity contribution in [3.63, 3.8) is 0 Å². The maximum absolute atomic E-state index is 10.3. The standard InChI is InChI=1S/C18H22ClNO2/c1-3-16(15-9-4-5-10-18(15)22-2)20-12-17(21)13-7-6-8-14(19)11-13/h4-11,16-17,20-21H,3,12H2,1-2H3. The van der Waals surface area contributed by atoms with E-state index < -0.39 is 6.10 Å². The number of methoxy groups -OCH3 is 1. The summed E-state index contributed by atoms with van der Waals surface area (Å²) >= 11 is 5.97. The van der Waals surface area contributed by atoms with Crippen LogP contribution in [0.1, 0.15) is 36.6 Å². The van der Waals surface area contributed by atoms with Crippen molar-refractivity contribution < 1.29 is 9.84 Å². The third kappa shape index (κ3) is 4.23. The highest BCUT2D eigenvalue weighted by Gasteiger charge is 2.16. The average Bonchev–Trinajstić information content (AvgIpc) is 2.55. The average molecular weight is 320 g/mol. The molecule has 0 heterocycles. The minimum atomic E-state index is -0.595. The molecule has 2 unspecified atom stereocenters. The van der Waals surface area contributed by atoms with E-state index in [-0.39, 0.29) is 6.04 Å². The maximum Gasteiger partial charge on any atom is 0.123 e. The Bertz CT molecular complexity index is 603. The van der Waals surface area contributed by atoms with Crippen LogP contribution in [0.3, 0.4) is 0 Å². The fourth-order valence-electron chi connectivity index (χ4n) is 2.51. The Morgan fingerprint density at radius 1 is 1.18 bits per heavy atom. The molecule has 0 bridgehead atoms. The van der Waals surface area contributed by atoms with Crippen molar-refractivity contribution in [3.05, 3.63) is 64.7 Å². The van der Waals surface area contributed by atoms with Crippen molar-refractivity contribution in [2.24, 2.45) is 0 Å². The number of halogens is 1. The van der Waals surface area contributed by atoms with E-state index >= 15 is 0 Å². The summed E-state index contributed by atoms with van der Waals surface area (Å²) in [4.78, 5) is 0. The second-order valence-corrected chi connectivity index (χ2v) is 5.62. The summed E-state index contributed by atoms with van der Waals surface area (Å²) < 4.78 is 5.42. The predicted octanol–water partition coefficient (Wildman–Crippen LogP) is 4.12. The van der Waals surface area contributed by atoms with E-state index in [9.17, 15) is 5.11 Å². The van der Waals surface area contributed by atoms with Crippen LogP contribution >= 0.6 is 11.6 Å². The molecule has 2 aromatic rings. The number of rotatable bonds is 7. The van der Waals surface area contributed by atoms with E-state index in [0.717, 1.165) is 23.3 Å². The highest BCUT2D eigenvalue weighted by atomic mass is 35.5. The van der Waals surface area contributed by atoms with Gasteiger partial charge in [0.2, 0.25) is 0 Å². The molecule has 0 aliphatic carbocycles. The van der Waals surface area contributed by atoms with Gasteiger partial charge in [-0.3, -0.25) is 0 Å². The van der Waals surface area contributed by atoms with Crippen LogP contribution in [0.5, 0.6) is 5.75 Å². The number of para-hydroxylation sites is 1. The molecule has 118 valence electrons. The molecule has 4 heteroatoms. The molecule has 0 aliphatic heterocycles. The van der Waals surface area contributed by atoms with Crippen LogP contribution in [0.4, 0.5) is 0 Å². The Kier molecular flexibility index (Phi) is 6.25. The second kappa shape index (κ2) is 8.18. The first-order valence-corrected chi connectivity index (χ1v) is 7.83. The zero-order valence-electron chi connectivity index (χ0n) is 12.9. The monoisotopic (exact) mass is 319 g/mol. The predicted molar refractivity (Wildman–Crippen MR) is 90.4 cm³/mol. The summed E-state index contributed by atoms with van der Waals surface area (Å²) in [5, 5.41) is 14.3. The van der Waals surface area contributed by atoms with Gasteiger partial charge in [0, 0.05) is 23.2 Å². The van der Waals surface area contributed by atoms with E-state index in [1.165, 1.54) is 0 Å². The fourth-order valence-corrected chi connectivity index (χ4v) is 2.71. The SMILES string of the molecule is CCC(NCC(O)c1cccc(Cl)c1)c1ccccc1OC. The molecule has 0 aromatic heterocycles. The molecule has 0 amide bonds. The summed E-state index contributed by atoms with van der Waals surface area (Å²) in [6.07, 6.45) is 0.310. The third-order valence-corrected chi connectivity index (χ3v) is 3.95. The van der Waals surface area contributed by atoms with Crippen molar-refractivity contribution in [1.29, 1.82) is 0 Å². The van der Waals surface area contributed by atoms with Crippen LogP contribution in [0.2, 0.25) is 5.02 Å². The third-order valence-electron chi connectivity index (χ3n) is 3.71. The van der Waals surface area contributed by atoms with Gasteiger partial charge < -0.3 is 15.2 Å². The summed E-state index contributed by atoms with van der Waals surface area (Å²) in [6, 6.07) is 15.4. The van der Waals surface area contributed by atoms with E-state index in [1.54, 1.807) is 19.2 Å². The van der Waals surface area contributed by atoms with Gasteiger partial charge in [-0.25, -0.2) is 0 Å². The minimum absolute atomic E-state index is 0.130. The van der Waals surface area contributed by atoms with Crippen molar-refractivity contribution in [2.45, 2.75) is 25.5 Å². The minimum Gasteiger partial charge on any atom is -0.496 e. The molecule has 0 spiro atoms. The lowest BCUT2D eigenvalue weighted by Crippen LogP contribution is -2.26. The molecule has 2 aromatic carbocycles. The Morgan fingerprint density at radius 2 is 1.95 bits per heavy atom. The zero-order chi connectivity index (χ0) is 15.9. The molecule has 2 N–H and O–H groups in total. The van der Waals surface area contributed by atoms with Crippen molar-refractivity contribution in [2.75, 3.05) is 13.7 Å². The number of hydrogen-bond acceptors (Lipinski definition) is 3. The molecule has 0 saturated carbocycles. The molecular weight excluding hydrogens is 298 g/mol. The molecule has 0 aliphatic rings. The maximum atomic E-state index is 10.3. The molecule has 22 heavy (non-hydrogen) atoms. The molecule has 2 atom stereocenters. The smallest absolute Gasteiger partial charge is 0.123 e. The Morgan fingerprint density at radius 3 is 2.64 bits per heavy atom. The van der Waals surface area contributed by atoms with Gasteiger partial charge in [0.1, 0.15) is 5.75 Å². The van der Waals surface area contributed by atoms with Gasteiger partial charge >= 0.3 is 0 Å². The quantitative estimate of drug-likeness (QED) is 0.806. The van der Waals surface area contributed by atoms with Crippen LogP contribution in [-0.2, 0) is 0 Å². The van der Waals surface area contributed by atoms with Gasteiger partial charge in [0.15, 0.2) is 0 Å². The molecule has 0 fully saturated rings. The Labute approximate surface area is 136 Å². The fraction of sp³-hybridized carbons (Fsp3) is 0.333. The lowest BCUT2D eigenvalue weighted by molar-refractivity contribution is 0.169.